The molecule has 0 radical (unpaired) electrons. The average Bonchev–Trinajstić information content (AvgIpc) is 2.41. The molecule has 0 unspecified atom stereocenters. The van der Waals surface area contributed by atoms with Gasteiger partial charge in [-0.05, 0) is 38.1 Å². The quantitative estimate of drug-likeness (QED) is 0.709. The van der Waals surface area contributed by atoms with Crippen LogP contribution in [0, 0.1) is 0 Å². The number of nitrogens with zero attached hydrogens (tertiary/aromatic N) is 2. The molecule has 0 aromatic heterocycles. The Bertz CT molecular complexity index is 429. The molecule has 1 aliphatic heterocycles. The van der Waals surface area contributed by atoms with E-state index in [1.54, 1.807) is 6.07 Å². The maximum atomic E-state index is 9.72. The van der Waals surface area contributed by atoms with Gasteiger partial charge in [0.25, 0.3) is 0 Å². The minimum atomic E-state index is -0.419. The number of phenols is 3. The molecule has 0 amide bonds. The number of piperazine rings is 1. The molecule has 1 aromatic carbocycles. The van der Waals surface area contributed by atoms with Crippen LogP contribution in [0.4, 0.5) is 0 Å². The van der Waals surface area contributed by atoms with Gasteiger partial charge in [0.2, 0.25) is 5.75 Å². The number of phenolic OH excluding ortho intramolecular Hbond substituents is 3. The Balaban J connectivity index is 1.81. The first-order valence-corrected chi connectivity index (χ1v) is 6.71. The molecule has 5 heteroatoms. The first-order chi connectivity index (χ1) is 9.08. The number of aromatic hydroxyl groups is 3. The van der Waals surface area contributed by atoms with Gasteiger partial charge in [-0.3, -0.25) is 0 Å². The van der Waals surface area contributed by atoms with Gasteiger partial charge < -0.3 is 25.1 Å². The van der Waals surface area contributed by atoms with Gasteiger partial charge in [-0.25, -0.2) is 0 Å². The van der Waals surface area contributed by atoms with E-state index in [1.165, 1.54) is 6.07 Å². The second kappa shape index (κ2) is 6.12. The van der Waals surface area contributed by atoms with E-state index in [2.05, 4.69) is 16.8 Å². The number of likely N-dealkylation sites (N-methyl/N-ethyl adjacent to an activating group) is 1. The third kappa shape index (κ3) is 3.52. The summed E-state index contributed by atoms with van der Waals surface area (Å²) in [5, 5.41) is 28.4. The number of benzene rings is 1. The smallest absolute Gasteiger partial charge is 0.200 e. The lowest BCUT2D eigenvalue weighted by atomic mass is 10.1. The van der Waals surface area contributed by atoms with Crippen LogP contribution in [0.25, 0.3) is 0 Å². The molecule has 0 saturated carbocycles. The van der Waals surface area contributed by atoms with Gasteiger partial charge >= 0.3 is 0 Å². The normalized spacial score (nSPS) is 17.7. The molecular weight excluding hydrogens is 244 g/mol. The van der Waals surface area contributed by atoms with E-state index in [4.69, 9.17) is 0 Å². The second-order valence-corrected chi connectivity index (χ2v) is 5.19. The Morgan fingerprint density at radius 1 is 1.00 bits per heavy atom. The number of aryl methyl sites for hydroxylation is 1. The van der Waals surface area contributed by atoms with Crippen LogP contribution in [-0.4, -0.2) is 64.9 Å². The predicted molar refractivity (Wildman–Crippen MR) is 73.7 cm³/mol. The molecule has 19 heavy (non-hydrogen) atoms. The van der Waals surface area contributed by atoms with Crippen LogP contribution in [0.1, 0.15) is 12.0 Å². The van der Waals surface area contributed by atoms with Crippen molar-refractivity contribution in [3.8, 4) is 17.2 Å². The number of hydrogen-bond acceptors (Lipinski definition) is 5. The van der Waals surface area contributed by atoms with Crippen molar-refractivity contribution in [2.24, 2.45) is 0 Å². The van der Waals surface area contributed by atoms with Crippen molar-refractivity contribution in [3.05, 3.63) is 17.7 Å². The van der Waals surface area contributed by atoms with E-state index in [1.807, 2.05) is 0 Å². The molecule has 2 rings (SSSR count). The van der Waals surface area contributed by atoms with Crippen molar-refractivity contribution in [1.29, 1.82) is 0 Å². The van der Waals surface area contributed by atoms with E-state index in [0.717, 1.165) is 39.1 Å². The highest BCUT2D eigenvalue weighted by Crippen LogP contribution is 2.37. The van der Waals surface area contributed by atoms with Gasteiger partial charge in [0.1, 0.15) is 0 Å². The summed E-state index contributed by atoms with van der Waals surface area (Å²) in [5.74, 6) is -0.893. The third-order valence-electron chi connectivity index (χ3n) is 3.73. The monoisotopic (exact) mass is 266 g/mol. The lowest BCUT2D eigenvalue weighted by molar-refractivity contribution is 0.153. The Morgan fingerprint density at radius 3 is 2.37 bits per heavy atom. The Hall–Kier alpha value is -1.46. The van der Waals surface area contributed by atoms with Crippen molar-refractivity contribution in [3.63, 3.8) is 0 Å². The number of hydrogen-bond donors (Lipinski definition) is 3. The zero-order valence-electron chi connectivity index (χ0n) is 11.3. The molecule has 0 spiro atoms. The molecule has 0 atom stereocenters. The van der Waals surface area contributed by atoms with E-state index < -0.39 is 5.75 Å². The highest BCUT2D eigenvalue weighted by molar-refractivity contribution is 5.53. The third-order valence-corrected chi connectivity index (χ3v) is 3.73. The summed E-state index contributed by atoms with van der Waals surface area (Å²) in [6.45, 7) is 5.37. The van der Waals surface area contributed by atoms with E-state index >= 15 is 0 Å². The fourth-order valence-corrected chi connectivity index (χ4v) is 2.38. The fourth-order valence-electron chi connectivity index (χ4n) is 2.38. The molecule has 1 saturated heterocycles. The Kier molecular flexibility index (Phi) is 4.50. The van der Waals surface area contributed by atoms with E-state index in [0.29, 0.717) is 12.0 Å². The topological polar surface area (TPSA) is 67.2 Å². The molecule has 1 aromatic rings. The summed E-state index contributed by atoms with van der Waals surface area (Å²) in [7, 11) is 2.13. The van der Waals surface area contributed by atoms with Crippen molar-refractivity contribution in [2.45, 2.75) is 12.8 Å². The summed E-state index contributed by atoms with van der Waals surface area (Å²) in [6, 6.07) is 3.08. The second-order valence-electron chi connectivity index (χ2n) is 5.19. The molecule has 1 aliphatic rings. The Morgan fingerprint density at radius 2 is 1.68 bits per heavy atom. The average molecular weight is 266 g/mol. The zero-order valence-corrected chi connectivity index (χ0v) is 11.3. The fraction of sp³-hybridized carbons (Fsp3) is 0.571. The van der Waals surface area contributed by atoms with Crippen LogP contribution < -0.4 is 0 Å². The molecule has 1 fully saturated rings. The van der Waals surface area contributed by atoms with Crippen LogP contribution in [0.15, 0.2) is 12.1 Å². The van der Waals surface area contributed by atoms with Crippen LogP contribution in [0.2, 0.25) is 0 Å². The molecule has 106 valence electrons. The standard InChI is InChI=1S/C14H22N2O3/c1-15-7-9-16(10-8-15)6-2-3-11-4-5-12(17)14(19)13(11)18/h4-5,17-19H,2-3,6-10H2,1H3. The minimum Gasteiger partial charge on any atom is -0.504 e. The van der Waals surface area contributed by atoms with Crippen LogP contribution in [-0.2, 0) is 6.42 Å². The van der Waals surface area contributed by atoms with Crippen LogP contribution in [0.5, 0.6) is 17.2 Å². The first kappa shape index (κ1) is 14.0. The molecule has 1 heterocycles. The summed E-state index contributed by atoms with van der Waals surface area (Å²) < 4.78 is 0. The largest absolute Gasteiger partial charge is 0.504 e. The highest BCUT2D eigenvalue weighted by Gasteiger charge is 2.14. The lowest BCUT2D eigenvalue weighted by Gasteiger charge is -2.32. The van der Waals surface area contributed by atoms with Gasteiger partial charge in [-0.15, -0.1) is 0 Å². The molecule has 0 aliphatic carbocycles. The molecule has 5 nitrogen and oxygen atoms in total. The van der Waals surface area contributed by atoms with Crippen molar-refractivity contribution in [2.75, 3.05) is 39.8 Å². The number of rotatable bonds is 4. The van der Waals surface area contributed by atoms with Crippen molar-refractivity contribution in [1.82, 2.24) is 9.80 Å². The SMILES string of the molecule is CN1CCN(CCCc2ccc(O)c(O)c2O)CC1. The van der Waals surface area contributed by atoms with Gasteiger partial charge in [0, 0.05) is 26.2 Å². The van der Waals surface area contributed by atoms with Crippen LogP contribution >= 0.6 is 0 Å². The van der Waals surface area contributed by atoms with Crippen molar-refractivity contribution < 1.29 is 15.3 Å². The molecular formula is C14H22N2O3. The summed E-state index contributed by atoms with van der Waals surface area (Å²) in [4.78, 5) is 4.73. The van der Waals surface area contributed by atoms with Gasteiger partial charge in [-0.1, -0.05) is 6.07 Å². The van der Waals surface area contributed by atoms with Crippen molar-refractivity contribution >= 4 is 0 Å². The Labute approximate surface area is 113 Å². The van der Waals surface area contributed by atoms with E-state index in [-0.39, 0.29) is 11.5 Å². The van der Waals surface area contributed by atoms with E-state index in [9.17, 15) is 15.3 Å². The predicted octanol–water partition coefficient (Wildman–Crippen LogP) is 0.983. The van der Waals surface area contributed by atoms with Gasteiger partial charge in [0.15, 0.2) is 11.5 Å². The maximum absolute atomic E-state index is 9.72. The minimum absolute atomic E-state index is 0.196. The molecule has 3 N–H and O–H groups in total. The lowest BCUT2D eigenvalue weighted by Crippen LogP contribution is -2.44. The molecule has 0 bridgehead atoms. The first-order valence-electron chi connectivity index (χ1n) is 6.71. The summed E-state index contributed by atoms with van der Waals surface area (Å²) in [5.41, 5.74) is 0.685. The zero-order chi connectivity index (χ0) is 13.8. The van der Waals surface area contributed by atoms with Gasteiger partial charge in [-0.2, -0.15) is 0 Å². The summed E-state index contributed by atoms with van der Waals surface area (Å²) >= 11 is 0. The highest BCUT2D eigenvalue weighted by atomic mass is 16.3. The maximum Gasteiger partial charge on any atom is 0.200 e. The summed E-state index contributed by atoms with van der Waals surface area (Å²) in [6.07, 6.45) is 1.63. The van der Waals surface area contributed by atoms with Crippen LogP contribution in [0.3, 0.4) is 0 Å². The van der Waals surface area contributed by atoms with Gasteiger partial charge in [0.05, 0.1) is 0 Å².